The normalized spacial score (nSPS) is 14.4. The van der Waals surface area contributed by atoms with Crippen LogP contribution in [0.4, 0.5) is 11.4 Å². The van der Waals surface area contributed by atoms with Crippen molar-refractivity contribution in [2.45, 2.75) is 37.0 Å². The van der Waals surface area contributed by atoms with Gasteiger partial charge < -0.3 is 4.90 Å². The molecule has 0 saturated heterocycles. The van der Waals surface area contributed by atoms with Gasteiger partial charge in [-0.15, -0.1) is 11.8 Å². The second kappa shape index (κ2) is 7.56. The van der Waals surface area contributed by atoms with E-state index in [-0.39, 0.29) is 10.8 Å². The third-order valence-corrected chi connectivity index (χ3v) is 7.83. The highest BCUT2D eigenvalue weighted by Gasteiger charge is 2.26. The highest BCUT2D eigenvalue weighted by molar-refractivity contribution is 7.99. The maximum Gasteiger partial charge on any atom is 0.264 e. The van der Waals surface area contributed by atoms with Crippen LogP contribution in [0.1, 0.15) is 24.5 Å². The molecular weight excluding hydrogens is 380 g/mol. The Balaban J connectivity index is 2.04. The minimum Gasteiger partial charge on any atom is -0.311 e. The number of rotatable bonds is 3. The van der Waals surface area contributed by atoms with Gasteiger partial charge in [0.05, 0.1) is 16.3 Å². The summed E-state index contributed by atoms with van der Waals surface area (Å²) >= 11 is 1.66. The molecule has 0 radical (unpaired) electrons. The fourth-order valence-electron chi connectivity index (χ4n) is 3.06. The molecule has 27 heavy (non-hydrogen) atoms. The van der Waals surface area contributed by atoms with E-state index in [0.717, 1.165) is 28.2 Å². The maximum absolute atomic E-state index is 13.2. The quantitative estimate of drug-likeness (QED) is 0.776. The van der Waals surface area contributed by atoms with Gasteiger partial charge in [0.15, 0.2) is 0 Å². The molecule has 0 aromatic heterocycles. The topological polar surface area (TPSA) is 57.7 Å². The zero-order valence-electron chi connectivity index (χ0n) is 16.0. The lowest BCUT2D eigenvalue weighted by Crippen LogP contribution is -2.30. The molecule has 0 fully saturated rings. The van der Waals surface area contributed by atoms with Crippen molar-refractivity contribution in [3.05, 3.63) is 47.5 Å². The molecule has 1 amide bonds. The molecule has 7 heteroatoms. The molecule has 144 valence electrons. The van der Waals surface area contributed by atoms with Gasteiger partial charge in [-0.25, -0.2) is 8.42 Å². The number of anilines is 2. The minimum atomic E-state index is -3.73. The van der Waals surface area contributed by atoms with Gasteiger partial charge in [-0.05, 0) is 67.5 Å². The first kappa shape index (κ1) is 19.8. The standard InChI is InChI=1S/C20H24N2O3S2/c1-14-6-7-17(12-15(14)2)21(4)27(24,25)18-8-9-20-19(13-18)22(16(3)23)10-5-11-26-20/h6-9,12-13H,5,10-11H2,1-4H3. The third-order valence-electron chi connectivity index (χ3n) is 4.90. The van der Waals surface area contributed by atoms with Crippen LogP contribution in [0.2, 0.25) is 0 Å². The van der Waals surface area contributed by atoms with Gasteiger partial charge >= 0.3 is 0 Å². The van der Waals surface area contributed by atoms with Gasteiger partial charge in [0.25, 0.3) is 10.0 Å². The van der Waals surface area contributed by atoms with Crippen molar-refractivity contribution in [3.63, 3.8) is 0 Å². The zero-order valence-corrected chi connectivity index (χ0v) is 17.7. The van der Waals surface area contributed by atoms with Gasteiger partial charge in [-0.3, -0.25) is 9.10 Å². The summed E-state index contributed by atoms with van der Waals surface area (Å²) < 4.78 is 27.7. The number of nitrogens with zero attached hydrogens (tertiary/aromatic N) is 2. The summed E-state index contributed by atoms with van der Waals surface area (Å²) in [6, 6.07) is 10.7. The summed E-state index contributed by atoms with van der Waals surface area (Å²) in [7, 11) is -2.17. The summed E-state index contributed by atoms with van der Waals surface area (Å²) in [5.41, 5.74) is 3.45. The van der Waals surface area contributed by atoms with Crippen molar-refractivity contribution >= 4 is 39.1 Å². The van der Waals surface area contributed by atoms with E-state index in [1.165, 1.54) is 11.2 Å². The second-order valence-electron chi connectivity index (χ2n) is 6.74. The van der Waals surface area contributed by atoms with Gasteiger partial charge in [0.2, 0.25) is 5.91 Å². The Labute approximate surface area is 165 Å². The van der Waals surface area contributed by atoms with E-state index in [0.29, 0.717) is 17.9 Å². The first-order valence-corrected chi connectivity index (χ1v) is 11.3. The Hall–Kier alpha value is -1.99. The summed E-state index contributed by atoms with van der Waals surface area (Å²) in [5.74, 6) is 0.835. The van der Waals surface area contributed by atoms with Crippen molar-refractivity contribution in [2.75, 3.05) is 28.6 Å². The number of hydrogen-bond donors (Lipinski definition) is 0. The average Bonchev–Trinajstić information content (AvgIpc) is 2.85. The molecule has 2 aromatic rings. The van der Waals surface area contributed by atoms with Crippen LogP contribution in [0.3, 0.4) is 0 Å². The maximum atomic E-state index is 13.2. The number of fused-ring (bicyclic) bond motifs is 1. The molecule has 5 nitrogen and oxygen atoms in total. The number of carbonyl (C=O) groups is 1. The molecule has 1 aliphatic rings. The van der Waals surface area contributed by atoms with Crippen LogP contribution in [0.5, 0.6) is 0 Å². The first-order chi connectivity index (χ1) is 12.7. The van der Waals surface area contributed by atoms with E-state index in [2.05, 4.69) is 0 Å². The van der Waals surface area contributed by atoms with Gasteiger partial charge in [0.1, 0.15) is 0 Å². The number of hydrogen-bond acceptors (Lipinski definition) is 4. The lowest BCUT2D eigenvalue weighted by Gasteiger charge is -2.24. The van der Waals surface area contributed by atoms with Crippen LogP contribution in [0.15, 0.2) is 46.2 Å². The van der Waals surface area contributed by atoms with Crippen LogP contribution >= 0.6 is 11.8 Å². The minimum absolute atomic E-state index is 0.0733. The average molecular weight is 405 g/mol. The van der Waals surface area contributed by atoms with Gasteiger partial charge in [-0.1, -0.05) is 6.07 Å². The number of amides is 1. The van der Waals surface area contributed by atoms with Gasteiger partial charge in [-0.2, -0.15) is 0 Å². The number of thioether (sulfide) groups is 1. The number of aryl methyl sites for hydroxylation is 2. The highest BCUT2D eigenvalue weighted by atomic mass is 32.2. The Kier molecular flexibility index (Phi) is 5.53. The molecule has 2 aromatic carbocycles. The predicted molar refractivity (Wildman–Crippen MR) is 111 cm³/mol. The molecule has 0 saturated carbocycles. The molecule has 3 rings (SSSR count). The summed E-state index contributed by atoms with van der Waals surface area (Å²) in [4.78, 5) is 14.9. The van der Waals surface area contributed by atoms with E-state index in [4.69, 9.17) is 0 Å². The highest BCUT2D eigenvalue weighted by Crippen LogP contribution is 2.36. The third kappa shape index (κ3) is 3.84. The fraction of sp³-hybridized carbons (Fsp3) is 0.350. The van der Waals surface area contributed by atoms with E-state index < -0.39 is 10.0 Å². The van der Waals surface area contributed by atoms with Crippen molar-refractivity contribution < 1.29 is 13.2 Å². The Morgan fingerprint density at radius 2 is 1.85 bits per heavy atom. The summed E-state index contributed by atoms with van der Waals surface area (Å²) in [6.07, 6.45) is 0.879. The molecule has 1 aliphatic heterocycles. The molecule has 0 N–H and O–H groups in total. The van der Waals surface area contributed by atoms with Crippen molar-refractivity contribution in [1.82, 2.24) is 0 Å². The fourth-order valence-corrected chi connectivity index (χ4v) is 5.24. The largest absolute Gasteiger partial charge is 0.311 e. The van der Waals surface area contributed by atoms with Crippen molar-refractivity contribution in [3.8, 4) is 0 Å². The summed E-state index contributed by atoms with van der Waals surface area (Å²) in [5, 5.41) is 0. The van der Waals surface area contributed by atoms with Crippen LogP contribution < -0.4 is 9.21 Å². The van der Waals surface area contributed by atoms with Gasteiger partial charge in [0, 0.05) is 25.4 Å². The SMILES string of the molecule is CC(=O)N1CCCSc2ccc(S(=O)(=O)N(C)c3ccc(C)c(C)c3)cc21. The smallest absolute Gasteiger partial charge is 0.264 e. The predicted octanol–water partition coefficient (Wildman–Crippen LogP) is 3.98. The Morgan fingerprint density at radius 3 is 2.52 bits per heavy atom. The van der Waals surface area contributed by atoms with Crippen LogP contribution in [-0.2, 0) is 14.8 Å². The van der Waals surface area contributed by atoms with E-state index in [1.54, 1.807) is 41.9 Å². The molecule has 0 unspecified atom stereocenters. The molecule has 0 atom stereocenters. The zero-order chi connectivity index (χ0) is 19.8. The Bertz CT molecular complexity index is 987. The Morgan fingerprint density at radius 1 is 1.11 bits per heavy atom. The van der Waals surface area contributed by atoms with E-state index in [9.17, 15) is 13.2 Å². The molecule has 0 bridgehead atoms. The molecule has 1 heterocycles. The van der Waals surface area contributed by atoms with Crippen LogP contribution in [0, 0.1) is 13.8 Å². The van der Waals surface area contributed by atoms with E-state index >= 15 is 0 Å². The van der Waals surface area contributed by atoms with E-state index in [1.807, 2.05) is 32.0 Å². The lowest BCUT2D eigenvalue weighted by molar-refractivity contribution is -0.116. The van der Waals surface area contributed by atoms with Crippen molar-refractivity contribution in [1.29, 1.82) is 0 Å². The van der Waals surface area contributed by atoms with Crippen LogP contribution in [0.25, 0.3) is 0 Å². The summed E-state index contributed by atoms with van der Waals surface area (Å²) in [6.45, 7) is 6.08. The number of benzene rings is 2. The molecule has 0 spiro atoms. The lowest BCUT2D eigenvalue weighted by atomic mass is 10.1. The van der Waals surface area contributed by atoms with Crippen LogP contribution in [-0.4, -0.2) is 33.7 Å². The number of carbonyl (C=O) groups excluding carboxylic acids is 1. The van der Waals surface area contributed by atoms with Crippen molar-refractivity contribution in [2.24, 2.45) is 0 Å². The molecular formula is C20H24N2O3S2. The second-order valence-corrected chi connectivity index (χ2v) is 9.85. The number of sulfonamides is 1. The first-order valence-electron chi connectivity index (χ1n) is 8.83. The molecule has 0 aliphatic carbocycles. The monoisotopic (exact) mass is 404 g/mol.